The average Bonchev–Trinajstić information content (AvgIpc) is 2.36. The first-order valence-corrected chi connectivity index (χ1v) is 6.33. The van der Waals surface area contributed by atoms with Gasteiger partial charge in [0.2, 0.25) is 0 Å². The smallest absolute Gasteiger partial charge is 0.127 e. The summed E-state index contributed by atoms with van der Waals surface area (Å²) in [4.78, 5) is 0. The lowest BCUT2D eigenvalue weighted by Crippen LogP contribution is -2.12. The molecule has 17 heavy (non-hydrogen) atoms. The number of benzene rings is 1. The average molecular weight is 237 g/mol. The van der Waals surface area contributed by atoms with Crippen LogP contribution in [0.15, 0.2) is 18.2 Å². The molecule has 1 atom stereocenters. The van der Waals surface area contributed by atoms with E-state index in [9.17, 15) is 0 Å². The normalized spacial score (nSPS) is 12.2. The van der Waals surface area contributed by atoms with Gasteiger partial charge in [0.1, 0.15) is 11.5 Å². The maximum Gasteiger partial charge on any atom is 0.127 e. The Kier molecular flexibility index (Phi) is 5.84. The van der Waals surface area contributed by atoms with Gasteiger partial charge in [-0.05, 0) is 25.8 Å². The second-order valence-corrected chi connectivity index (χ2v) is 4.16. The molecule has 3 heteroatoms. The molecule has 1 aromatic carbocycles. The van der Waals surface area contributed by atoms with Gasteiger partial charge in [0.15, 0.2) is 0 Å². The molecule has 0 radical (unpaired) electrons. The van der Waals surface area contributed by atoms with Crippen LogP contribution >= 0.6 is 0 Å². The zero-order valence-electron chi connectivity index (χ0n) is 11.0. The largest absolute Gasteiger partial charge is 0.493 e. The first-order chi connectivity index (χ1) is 8.21. The van der Waals surface area contributed by atoms with Crippen LogP contribution in [0.25, 0.3) is 0 Å². The molecule has 0 aliphatic rings. The number of hydrogen-bond donors (Lipinski definition) is 1. The first-order valence-electron chi connectivity index (χ1n) is 6.33. The lowest BCUT2D eigenvalue weighted by atomic mass is 10.2. The van der Waals surface area contributed by atoms with E-state index in [1.165, 1.54) is 0 Å². The van der Waals surface area contributed by atoms with Crippen molar-refractivity contribution in [2.75, 3.05) is 6.61 Å². The highest BCUT2D eigenvalue weighted by Crippen LogP contribution is 2.26. The number of nitrogens with two attached hydrogens (primary N) is 1. The number of rotatable bonds is 7. The van der Waals surface area contributed by atoms with Gasteiger partial charge in [-0.2, -0.15) is 0 Å². The summed E-state index contributed by atoms with van der Waals surface area (Å²) in [6.45, 7) is 7.46. The Hall–Kier alpha value is -1.22. The van der Waals surface area contributed by atoms with Crippen molar-refractivity contribution in [1.29, 1.82) is 0 Å². The van der Waals surface area contributed by atoms with Crippen LogP contribution in [-0.4, -0.2) is 12.7 Å². The minimum atomic E-state index is 0.196. The number of ether oxygens (including phenoxy) is 2. The van der Waals surface area contributed by atoms with Crippen LogP contribution in [0.2, 0.25) is 0 Å². The molecular formula is C14H23NO2. The predicted molar refractivity (Wildman–Crippen MR) is 70.5 cm³/mol. The SMILES string of the molecule is CCCOc1ccc(CN)c(OC(C)CC)c1. The molecule has 0 aliphatic carbocycles. The van der Waals surface area contributed by atoms with E-state index >= 15 is 0 Å². The molecule has 2 N–H and O–H groups in total. The van der Waals surface area contributed by atoms with Crippen LogP contribution in [0.5, 0.6) is 11.5 Å². The van der Waals surface area contributed by atoms with Crippen LogP contribution in [0, 0.1) is 0 Å². The summed E-state index contributed by atoms with van der Waals surface area (Å²) in [5.41, 5.74) is 6.72. The maximum atomic E-state index is 5.85. The van der Waals surface area contributed by atoms with Crippen molar-refractivity contribution in [3.63, 3.8) is 0 Å². The Labute approximate surface area is 104 Å². The standard InChI is InChI=1S/C14H23NO2/c1-4-8-16-13-7-6-12(10-15)14(9-13)17-11(3)5-2/h6-7,9,11H,4-5,8,10,15H2,1-3H3. The zero-order chi connectivity index (χ0) is 12.7. The molecule has 0 saturated heterocycles. The molecule has 0 bridgehead atoms. The fourth-order valence-electron chi connectivity index (χ4n) is 1.42. The van der Waals surface area contributed by atoms with Crippen LogP contribution < -0.4 is 15.2 Å². The van der Waals surface area contributed by atoms with E-state index < -0.39 is 0 Å². The molecule has 0 heterocycles. The van der Waals surface area contributed by atoms with Gasteiger partial charge in [0, 0.05) is 18.2 Å². The Morgan fingerprint density at radius 3 is 2.65 bits per heavy atom. The summed E-state index contributed by atoms with van der Waals surface area (Å²) >= 11 is 0. The summed E-state index contributed by atoms with van der Waals surface area (Å²) < 4.78 is 11.4. The molecule has 0 amide bonds. The van der Waals surface area contributed by atoms with Gasteiger partial charge in [0.25, 0.3) is 0 Å². The summed E-state index contributed by atoms with van der Waals surface area (Å²) in [7, 11) is 0. The quantitative estimate of drug-likeness (QED) is 0.792. The van der Waals surface area contributed by atoms with Gasteiger partial charge in [-0.3, -0.25) is 0 Å². The van der Waals surface area contributed by atoms with Crippen molar-refractivity contribution >= 4 is 0 Å². The third kappa shape index (κ3) is 4.27. The van der Waals surface area contributed by atoms with Crippen LogP contribution in [0.1, 0.15) is 39.2 Å². The van der Waals surface area contributed by atoms with Crippen LogP contribution in [-0.2, 0) is 6.54 Å². The monoisotopic (exact) mass is 237 g/mol. The van der Waals surface area contributed by atoms with E-state index in [4.69, 9.17) is 15.2 Å². The molecule has 1 unspecified atom stereocenters. The van der Waals surface area contributed by atoms with Gasteiger partial charge in [-0.25, -0.2) is 0 Å². The summed E-state index contributed by atoms with van der Waals surface area (Å²) in [5, 5.41) is 0. The van der Waals surface area contributed by atoms with Crippen molar-refractivity contribution in [3.05, 3.63) is 23.8 Å². The summed E-state index contributed by atoms with van der Waals surface area (Å²) in [6, 6.07) is 5.86. The van der Waals surface area contributed by atoms with Gasteiger partial charge in [0.05, 0.1) is 12.7 Å². The van der Waals surface area contributed by atoms with Crippen molar-refractivity contribution in [1.82, 2.24) is 0 Å². The van der Waals surface area contributed by atoms with Gasteiger partial charge >= 0.3 is 0 Å². The molecule has 0 spiro atoms. The molecule has 0 saturated carbocycles. The highest BCUT2D eigenvalue weighted by Gasteiger charge is 2.08. The second kappa shape index (κ2) is 7.17. The van der Waals surface area contributed by atoms with Gasteiger partial charge in [-0.1, -0.05) is 19.9 Å². The molecule has 0 fully saturated rings. The highest BCUT2D eigenvalue weighted by atomic mass is 16.5. The second-order valence-electron chi connectivity index (χ2n) is 4.16. The van der Waals surface area contributed by atoms with E-state index in [0.717, 1.165) is 36.5 Å². The summed E-state index contributed by atoms with van der Waals surface area (Å²) in [6.07, 6.45) is 2.17. The molecule has 3 nitrogen and oxygen atoms in total. The minimum absolute atomic E-state index is 0.196. The third-order valence-corrected chi connectivity index (χ3v) is 2.63. The minimum Gasteiger partial charge on any atom is -0.493 e. The van der Waals surface area contributed by atoms with E-state index in [-0.39, 0.29) is 6.10 Å². The van der Waals surface area contributed by atoms with E-state index in [2.05, 4.69) is 20.8 Å². The van der Waals surface area contributed by atoms with Crippen LogP contribution in [0.4, 0.5) is 0 Å². The number of hydrogen-bond acceptors (Lipinski definition) is 3. The molecule has 1 aromatic rings. The lowest BCUT2D eigenvalue weighted by Gasteiger charge is -2.16. The van der Waals surface area contributed by atoms with Gasteiger partial charge in [-0.15, -0.1) is 0 Å². The van der Waals surface area contributed by atoms with Crippen LogP contribution in [0.3, 0.4) is 0 Å². The molecule has 96 valence electrons. The Morgan fingerprint density at radius 2 is 2.06 bits per heavy atom. The fourth-order valence-corrected chi connectivity index (χ4v) is 1.42. The zero-order valence-corrected chi connectivity index (χ0v) is 11.0. The maximum absolute atomic E-state index is 5.85. The lowest BCUT2D eigenvalue weighted by molar-refractivity contribution is 0.213. The van der Waals surface area contributed by atoms with E-state index in [1.54, 1.807) is 0 Å². The molecular weight excluding hydrogens is 214 g/mol. The topological polar surface area (TPSA) is 44.5 Å². The van der Waals surface area contributed by atoms with Crippen molar-refractivity contribution < 1.29 is 9.47 Å². The molecule has 0 aliphatic heterocycles. The van der Waals surface area contributed by atoms with E-state index in [1.807, 2.05) is 18.2 Å². The predicted octanol–water partition coefficient (Wildman–Crippen LogP) is 3.11. The van der Waals surface area contributed by atoms with E-state index in [0.29, 0.717) is 6.54 Å². The highest BCUT2D eigenvalue weighted by molar-refractivity contribution is 5.40. The Balaban J connectivity index is 2.82. The fraction of sp³-hybridized carbons (Fsp3) is 0.571. The summed E-state index contributed by atoms with van der Waals surface area (Å²) in [5.74, 6) is 1.69. The third-order valence-electron chi connectivity index (χ3n) is 2.63. The Bertz CT molecular complexity index is 339. The van der Waals surface area contributed by atoms with Crippen molar-refractivity contribution in [3.8, 4) is 11.5 Å². The van der Waals surface area contributed by atoms with Crippen molar-refractivity contribution in [2.24, 2.45) is 5.73 Å². The molecule has 0 aromatic heterocycles. The van der Waals surface area contributed by atoms with Crippen molar-refractivity contribution in [2.45, 2.75) is 46.3 Å². The Morgan fingerprint density at radius 1 is 1.29 bits per heavy atom. The first kappa shape index (κ1) is 13.8. The molecule has 1 rings (SSSR count). The van der Waals surface area contributed by atoms with Gasteiger partial charge < -0.3 is 15.2 Å².